The Balaban J connectivity index is 3.11. The summed E-state index contributed by atoms with van der Waals surface area (Å²) in [7, 11) is 0. The number of nitrogens with zero attached hydrogens (tertiary/aromatic N) is 1. The van der Waals surface area contributed by atoms with Crippen LogP contribution in [-0.4, -0.2) is 22.5 Å². The largest absolute Gasteiger partial charge is 0.481 e. The standard InChI is InChI=1S/C14H25NO4/c16-14(17)12-10-8-6-4-2-1-3-5-7-9-11-13-15(18)19/h4,6H,1-3,5,7-13H2,(H,16,17). The molecule has 5 nitrogen and oxygen atoms in total. The van der Waals surface area contributed by atoms with Gasteiger partial charge in [-0.1, -0.05) is 31.4 Å². The molecule has 0 aliphatic heterocycles. The molecule has 0 aliphatic rings. The van der Waals surface area contributed by atoms with Gasteiger partial charge in [-0.25, -0.2) is 0 Å². The molecule has 0 aromatic carbocycles. The number of hydrogen-bond acceptors (Lipinski definition) is 3. The molecular weight excluding hydrogens is 246 g/mol. The van der Waals surface area contributed by atoms with Gasteiger partial charge in [-0.2, -0.15) is 0 Å². The van der Waals surface area contributed by atoms with Crippen LogP contribution >= 0.6 is 0 Å². The van der Waals surface area contributed by atoms with E-state index in [1.54, 1.807) is 0 Å². The SMILES string of the molecule is O=C(O)CCCC=CCCCCCCCC[N+](=O)[O-]. The molecule has 0 aromatic heterocycles. The zero-order valence-electron chi connectivity index (χ0n) is 11.6. The average Bonchev–Trinajstić information content (AvgIpc) is 2.34. The molecule has 0 rings (SSSR count). The molecule has 0 aromatic rings. The quantitative estimate of drug-likeness (QED) is 0.239. The van der Waals surface area contributed by atoms with Crippen LogP contribution in [0.15, 0.2) is 12.2 Å². The van der Waals surface area contributed by atoms with Gasteiger partial charge in [0.25, 0.3) is 0 Å². The maximum absolute atomic E-state index is 10.3. The van der Waals surface area contributed by atoms with Crippen LogP contribution in [0.2, 0.25) is 0 Å². The Morgan fingerprint density at radius 1 is 0.947 bits per heavy atom. The number of nitro groups is 1. The maximum atomic E-state index is 10.3. The summed E-state index contributed by atoms with van der Waals surface area (Å²) in [5, 5.41) is 18.5. The van der Waals surface area contributed by atoms with Crippen LogP contribution in [0, 0.1) is 10.1 Å². The highest BCUT2D eigenvalue weighted by molar-refractivity contribution is 5.66. The maximum Gasteiger partial charge on any atom is 0.303 e. The molecule has 19 heavy (non-hydrogen) atoms. The lowest BCUT2D eigenvalue weighted by Gasteiger charge is -1.98. The number of carboxylic acids is 1. The van der Waals surface area contributed by atoms with Crippen molar-refractivity contribution in [3.63, 3.8) is 0 Å². The van der Waals surface area contributed by atoms with Crippen molar-refractivity contribution < 1.29 is 14.8 Å². The van der Waals surface area contributed by atoms with Crippen LogP contribution in [-0.2, 0) is 4.79 Å². The highest BCUT2D eigenvalue weighted by atomic mass is 16.6. The normalized spacial score (nSPS) is 10.9. The Morgan fingerprint density at radius 2 is 1.47 bits per heavy atom. The van der Waals surface area contributed by atoms with Gasteiger partial charge < -0.3 is 5.11 Å². The molecule has 1 N–H and O–H groups in total. The number of rotatable bonds is 13. The zero-order valence-corrected chi connectivity index (χ0v) is 11.6. The summed E-state index contributed by atoms with van der Waals surface area (Å²) in [6.07, 6.45) is 13.2. The second-order valence-corrected chi connectivity index (χ2v) is 4.72. The van der Waals surface area contributed by atoms with Gasteiger partial charge in [0.2, 0.25) is 6.54 Å². The van der Waals surface area contributed by atoms with E-state index in [0.29, 0.717) is 12.8 Å². The minimum Gasteiger partial charge on any atom is -0.481 e. The van der Waals surface area contributed by atoms with E-state index in [2.05, 4.69) is 12.2 Å². The fourth-order valence-electron chi connectivity index (χ4n) is 1.82. The van der Waals surface area contributed by atoms with E-state index in [1.165, 1.54) is 0 Å². The summed E-state index contributed by atoms with van der Waals surface area (Å²) in [6, 6.07) is 0. The average molecular weight is 271 g/mol. The van der Waals surface area contributed by atoms with E-state index in [-0.39, 0.29) is 17.9 Å². The van der Waals surface area contributed by atoms with Crippen LogP contribution in [0.4, 0.5) is 0 Å². The third-order valence-corrected chi connectivity index (χ3v) is 2.89. The van der Waals surface area contributed by atoms with Crippen LogP contribution in [0.25, 0.3) is 0 Å². The summed E-state index contributed by atoms with van der Waals surface area (Å²) in [5.41, 5.74) is 0. The van der Waals surface area contributed by atoms with Gasteiger partial charge >= 0.3 is 5.97 Å². The predicted octanol–water partition coefficient (Wildman–Crippen LogP) is 3.80. The molecule has 0 bridgehead atoms. The highest BCUT2D eigenvalue weighted by Crippen LogP contribution is 2.08. The molecule has 0 atom stereocenters. The number of allylic oxidation sites excluding steroid dienone is 2. The summed E-state index contributed by atoms with van der Waals surface area (Å²) in [6.45, 7) is 0.0963. The smallest absolute Gasteiger partial charge is 0.303 e. The summed E-state index contributed by atoms with van der Waals surface area (Å²) in [4.78, 5) is 20.1. The summed E-state index contributed by atoms with van der Waals surface area (Å²) < 4.78 is 0. The van der Waals surface area contributed by atoms with Crippen LogP contribution in [0.3, 0.4) is 0 Å². The van der Waals surface area contributed by atoms with E-state index in [1.807, 2.05) is 0 Å². The Bertz CT molecular complexity index is 277. The molecule has 5 heteroatoms. The number of unbranched alkanes of at least 4 members (excludes halogenated alkanes) is 7. The molecule has 110 valence electrons. The first-order valence-electron chi connectivity index (χ1n) is 7.11. The van der Waals surface area contributed by atoms with Crippen LogP contribution in [0.1, 0.15) is 64.2 Å². The van der Waals surface area contributed by atoms with Crippen molar-refractivity contribution in [2.45, 2.75) is 64.2 Å². The van der Waals surface area contributed by atoms with Gasteiger partial charge in [-0.3, -0.25) is 14.9 Å². The molecule has 0 saturated carbocycles. The van der Waals surface area contributed by atoms with E-state index in [0.717, 1.165) is 44.9 Å². The number of hydrogen-bond donors (Lipinski definition) is 1. The molecule has 0 heterocycles. The highest BCUT2D eigenvalue weighted by Gasteiger charge is 1.96. The predicted molar refractivity (Wildman–Crippen MR) is 74.8 cm³/mol. The Morgan fingerprint density at radius 3 is 2.05 bits per heavy atom. The number of aliphatic carboxylic acids is 1. The number of carboxylic acid groups (broad SMARTS) is 1. The first-order valence-corrected chi connectivity index (χ1v) is 7.11. The minimum atomic E-state index is -0.731. The van der Waals surface area contributed by atoms with Crippen molar-refractivity contribution in [2.75, 3.05) is 6.54 Å². The van der Waals surface area contributed by atoms with Gasteiger partial charge in [0.1, 0.15) is 0 Å². The first-order chi connectivity index (χ1) is 9.13. The van der Waals surface area contributed by atoms with Gasteiger partial charge in [0.15, 0.2) is 0 Å². The van der Waals surface area contributed by atoms with Crippen molar-refractivity contribution in [1.29, 1.82) is 0 Å². The molecule has 0 amide bonds. The Labute approximate surface area is 114 Å². The van der Waals surface area contributed by atoms with E-state index in [9.17, 15) is 14.9 Å². The lowest BCUT2D eigenvalue weighted by Crippen LogP contribution is -1.99. The third kappa shape index (κ3) is 16.6. The van der Waals surface area contributed by atoms with Gasteiger partial charge in [0, 0.05) is 17.8 Å². The van der Waals surface area contributed by atoms with E-state index in [4.69, 9.17) is 5.11 Å². The van der Waals surface area contributed by atoms with E-state index >= 15 is 0 Å². The molecule has 0 fully saturated rings. The van der Waals surface area contributed by atoms with Crippen LogP contribution in [0.5, 0.6) is 0 Å². The lowest BCUT2D eigenvalue weighted by molar-refractivity contribution is -0.480. The molecule has 0 saturated heterocycles. The first kappa shape index (κ1) is 17.6. The molecular formula is C14H25NO4. The van der Waals surface area contributed by atoms with Gasteiger partial charge in [-0.15, -0.1) is 0 Å². The molecule has 0 unspecified atom stereocenters. The van der Waals surface area contributed by atoms with Gasteiger partial charge in [0.05, 0.1) is 0 Å². The van der Waals surface area contributed by atoms with Crippen LogP contribution < -0.4 is 0 Å². The summed E-state index contributed by atoms with van der Waals surface area (Å²) >= 11 is 0. The molecule has 0 spiro atoms. The van der Waals surface area contributed by atoms with Crippen molar-refractivity contribution in [3.8, 4) is 0 Å². The molecule has 0 aliphatic carbocycles. The van der Waals surface area contributed by atoms with Gasteiger partial charge in [-0.05, 0) is 32.1 Å². The molecule has 0 radical (unpaired) electrons. The van der Waals surface area contributed by atoms with Crippen molar-refractivity contribution in [2.24, 2.45) is 0 Å². The third-order valence-electron chi connectivity index (χ3n) is 2.89. The number of carbonyl (C=O) groups is 1. The van der Waals surface area contributed by atoms with Crippen molar-refractivity contribution >= 4 is 5.97 Å². The second kappa shape index (κ2) is 13.1. The minimum absolute atomic E-state index is 0.0963. The second-order valence-electron chi connectivity index (χ2n) is 4.72. The van der Waals surface area contributed by atoms with Crippen molar-refractivity contribution in [3.05, 3.63) is 22.3 Å². The Hall–Kier alpha value is -1.39. The van der Waals surface area contributed by atoms with Crippen molar-refractivity contribution in [1.82, 2.24) is 0 Å². The summed E-state index contributed by atoms with van der Waals surface area (Å²) in [5.74, 6) is -0.731. The topological polar surface area (TPSA) is 80.4 Å². The lowest BCUT2D eigenvalue weighted by atomic mass is 10.1. The zero-order chi connectivity index (χ0) is 14.3. The van der Waals surface area contributed by atoms with E-state index < -0.39 is 5.97 Å². The monoisotopic (exact) mass is 271 g/mol. The fourth-order valence-corrected chi connectivity index (χ4v) is 1.82. The fraction of sp³-hybridized carbons (Fsp3) is 0.786. The Kier molecular flexibility index (Phi) is 12.1.